The molecule has 1 aliphatic rings. The van der Waals surface area contributed by atoms with Crippen LogP contribution in [0.25, 0.3) is 0 Å². The quantitative estimate of drug-likeness (QED) is 0.861. The molecule has 22 heavy (non-hydrogen) atoms. The fraction of sp³-hybridized carbons (Fsp3) is 0.333. The molecule has 1 aliphatic heterocycles. The van der Waals surface area contributed by atoms with Gasteiger partial charge in [-0.05, 0) is 31.0 Å². The molecule has 116 valence electrons. The Hall–Kier alpha value is -1.49. The molecular formula is C18H20O3S. The summed E-state index contributed by atoms with van der Waals surface area (Å²) in [4.78, 5) is -0.345. The topological polar surface area (TPSA) is 49.8 Å². The van der Waals surface area contributed by atoms with Crippen LogP contribution in [0.4, 0.5) is 0 Å². The number of aliphatic hydroxyl groups excluding tert-OH is 1. The number of hydrogen-bond donors (Lipinski definition) is 1. The van der Waals surface area contributed by atoms with E-state index < -0.39 is 21.8 Å². The van der Waals surface area contributed by atoms with E-state index in [0.717, 1.165) is 11.1 Å². The molecule has 1 unspecified atom stereocenters. The van der Waals surface area contributed by atoms with Gasteiger partial charge in [0.1, 0.15) is 6.10 Å². The lowest BCUT2D eigenvalue weighted by Gasteiger charge is -2.18. The normalized spacial score (nSPS) is 26.4. The minimum Gasteiger partial charge on any atom is -0.389 e. The van der Waals surface area contributed by atoms with Crippen LogP contribution in [0.2, 0.25) is 0 Å². The molecule has 0 saturated carbocycles. The number of aliphatic hydroxyl groups is 1. The minimum absolute atomic E-state index is 0.328. The van der Waals surface area contributed by atoms with Gasteiger partial charge in [-0.3, -0.25) is 4.21 Å². The van der Waals surface area contributed by atoms with Crippen LogP contribution in [0.15, 0.2) is 59.5 Å². The highest BCUT2D eigenvalue weighted by atomic mass is 32.2. The van der Waals surface area contributed by atoms with E-state index in [2.05, 4.69) is 0 Å². The average molecular weight is 316 g/mol. The van der Waals surface area contributed by atoms with Crippen molar-refractivity contribution in [1.82, 2.24) is 0 Å². The number of epoxide rings is 1. The van der Waals surface area contributed by atoms with Gasteiger partial charge in [-0.15, -0.1) is 0 Å². The number of benzene rings is 2. The molecule has 2 aromatic rings. The smallest absolute Gasteiger partial charge is 0.203 e. The van der Waals surface area contributed by atoms with Gasteiger partial charge in [0, 0.05) is 4.90 Å². The van der Waals surface area contributed by atoms with Gasteiger partial charge in [-0.25, -0.2) is 0 Å². The Labute approximate surface area is 133 Å². The van der Waals surface area contributed by atoms with Crippen LogP contribution in [-0.2, 0) is 15.5 Å². The summed E-state index contributed by atoms with van der Waals surface area (Å²) in [5.74, 6) is 0. The predicted molar refractivity (Wildman–Crippen MR) is 86.9 cm³/mol. The van der Waals surface area contributed by atoms with Crippen molar-refractivity contribution in [3.05, 3.63) is 65.7 Å². The van der Waals surface area contributed by atoms with Crippen molar-refractivity contribution in [3.63, 3.8) is 0 Å². The third-order valence-electron chi connectivity index (χ3n) is 4.09. The van der Waals surface area contributed by atoms with Crippen LogP contribution in [0.5, 0.6) is 0 Å². The number of hydrogen-bond acceptors (Lipinski definition) is 3. The minimum atomic E-state index is -1.42. The average Bonchev–Trinajstić information content (AvgIpc) is 3.32. The first-order chi connectivity index (χ1) is 10.6. The van der Waals surface area contributed by atoms with Crippen molar-refractivity contribution in [2.24, 2.45) is 0 Å². The summed E-state index contributed by atoms with van der Waals surface area (Å²) in [5, 5.41) is 10.4. The molecule has 1 heterocycles. The highest BCUT2D eigenvalue weighted by Gasteiger charge is 2.66. The SMILES string of the molecule is CC[C@@H](O)[C@@]1(S(=O)c2ccc(C)cc2)O[C@@H]1c1ccccc1. The van der Waals surface area contributed by atoms with Crippen molar-refractivity contribution in [3.8, 4) is 0 Å². The second-order valence-electron chi connectivity index (χ2n) is 5.64. The fourth-order valence-electron chi connectivity index (χ4n) is 2.73. The lowest BCUT2D eigenvalue weighted by atomic mass is 10.1. The van der Waals surface area contributed by atoms with Gasteiger partial charge in [0.15, 0.2) is 0 Å². The molecule has 0 radical (unpaired) electrons. The molecule has 0 aliphatic carbocycles. The monoisotopic (exact) mass is 316 g/mol. The van der Waals surface area contributed by atoms with Gasteiger partial charge < -0.3 is 9.84 Å². The summed E-state index contributed by atoms with van der Waals surface area (Å²) in [7, 11) is -1.42. The third-order valence-corrected chi connectivity index (χ3v) is 5.95. The zero-order chi connectivity index (χ0) is 15.7. The van der Waals surface area contributed by atoms with E-state index in [1.165, 1.54) is 0 Å². The first kappa shape index (κ1) is 15.4. The maximum Gasteiger partial charge on any atom is 0.203 e. The molecule has 1 fully saturated rings. The molecule has 1 N–H and O–H groups in total. The maximum absolute atomic E-state index is 13.1. The summed E-state index contributed by atoms with van der Waals surface area (Å²) in [6, 6.07) is 17.2. The van der Waals surface area contributed by atoms with Crippen LogP contribution in [0.3, 0.4) is 0 Å². The van der Waals surface area contributed by atoms with E-state index in [4.69, 9.17) is 4.74 Å². The summed E-state index contributed by atoms with van der Waals surface area (Å²) >= 11 is 0. The van der Waals surface area contributed by atoms with Gasteiger partial charge in [-0.1, -0.05) is 55.0 Å². The van der Waals surface area contributed by atoms with Gasteiger partial charge >= 0.3 is 0 Å². The molecule has 0 spiro atoms. The van der Waals surface area contributed by atoms with Crippen LogP contribution in [-0.4, -0.2) is 20.4 Å². The van der Waals surface area contributed by atoms with Gasteiger partial charge in [0.2, 0.25) is 4.93 Å². The van der Waals surface area contributed by atoms with Crippen molar-refractivity contribution in [2.45, 2.75) is 42.3 Å². The van der Waals surface area contributed by atoms with E-state index >= 15 is 0 Å². The Morgan fingerprint density at radius 1 is 1.18 bits per heavy atom. The Kier molecular flexibility index (Phi) is 4.17. The lowest BCUT2D eigenvalue weighted by Crippen LogP contribution is -2.34. The molecular weight excluding hydrogens is 296 g/mol. The van der Waals surface area contributed by atoms with E-state index in [-0.39, 0.29) is 6.10 Å². The van der Waals surface area contributed by atoms with Crippen molar-refractivity contribution < 1.29 is 14.1 Å². The summed E-state index contributed by atoms with van der Waals surface area (Å²) in [6.45, 7) is 3.87. The second kappa shape index (κ2) is 5.95. The molecule has 4 heteroatoms. The summed E-state index contributed by atoms with van der Waals surface area (Å²) in [6.07, 6.45) is -0.591. The third kappa shape index (κ3) is 2.51. The van der Waals surface area contributed by atoms with Gasteiger partial charge in [-0.2, -0.15) is 0 Å². The number of ether oxygens (including phenoxy) is 1. The molecule has 2 aromatic carbocycles. The fourth-order valence-corrected chi connectivity index (χ4v) is 4.41. The van der Waals surface area contributed by atoms with Crippen molar-refractivity contribution in [1.29, 1.82) is 0 Å². The maximum atomic E-state index is 13.1. The van der Waals surface area contributed by atoms with E-state index in [0.29, 0.717) is 11.3 Å². The molecule has 3 rings (SSSR count). The van der Waals surface area contributed by atoms with Crippen LogP contribution in [0.1, 0.15) is 30.6 Å². The Bertz CT molecular complexity index is 668. The van der Waals surface area contributed by atoms with E-state index in [1.807, 2.05) is 68.4 Å². The van der Waals surface area contributed by atoms with Gasteiger partial charge in [0.05, 0.1) is 16.9 Å². The van der Waals surface area contributed by atoms with E-state index in [9.17, 15) is 9.32 Å². The highest BCUT2D eigenvalue weighted by molar-refractivity contribution is 7.86. The van der Waals surface area contributed by atoms with Crippen molar-refractivity contribution in [2.75, 3.05) is 0 Å². The van der Waals surface area contributed by atoms with Crippen LogP contribution in [0, 0.1) is 6.92 Å². The molecule has 3 nitrogen and oxygen atoms in total. The number of aryl methyl sites for hydroxylation is 1. The highest BCUT2D eigenvalue weighted by Crippen LogP contribution is 2.56. The zero-order valence-corrected chi connectivity index (χ0v) is 13.5. The van der Waals surface area contributed by atoms with Crippen molar-refractivity contribution >= 4 is 10.8 Å². The standard InChI is InChI=1S/C18H20O3S/c1-3-16(19)18(17(21-18)14-7-5-4-6-8-14)22(20)15-11-9-13(2)10-12-15/h4-12,16-17,19H,3H2,1-2H3/t16-,17-,18+,22?/m1/s1. The second-order valence-corrected chi connectivity index (χ2v) is 7.28. The summed E-state index contributed by atoms with van der Waals surface area (Å²) in [5.41, 5.74) is 2.07. The lowest BCUT2D eigenvalue weighted by molar-refractivity contribution is 0.114. The van der Waals surface area contributed by atoms with Crippen LogP contribution >= 0.6 is 0 Å². The molecule has 1 saturated heterocycles. The first-order valence-electron chi connectivity index (χ1n) is 7.49. The molecule has 0 aromatic heterocycles. The first-order valence-corrected chi connectivity index (χ1v) is 8.64. The number of rotatable bonds is 5. The van der Waals surface area contributed by atoms with E-state index in [1.54, 1.807) is 0 Å². The molecule has 4 atom stereocenters. The predicted octanol–water partition coefficient (Wildman–Crippen LogP) is 3.34. The largest absolute Gasteiger partial charge is 0.389 e. The molecule has 0 bridgehead atoms. The zero-order valence-electron chi connectivity index (χ0n) is 12.7. The summed E-state index contributed by atoms with van der Waals surface area (Å²) < 4.78 is 18.9. The molecule has 0 amide bonds. The van der Waals surface area contributed by atoms with Gasteiger partial charge in [0.25, 0.3) is 0 Å². The Morgan fingerprint density at radius 2 is 1.82 bits per heavy atom. The Balaban J connectivity index is 1.95. The Morgan fingerprint density at radius 3 is 2.41 bits per heavy atom. The van der Waals surface area contributed by atoms with Crippen LogP contribution < -0.4 is 0 Å².